The lowest BCUT2D eigenvalue weighted by Gasteiger charge is -2.05. The first-order valence-corrected chi connectivity index (χ1v) is 18.6. The molecule has 0 aromatic heterocycles. The zero-order chi connectivity index (χ0) is 35.8. The van der Waals surface area contributed by atoms with Gasteiger partial charge in [-0.15, -0.1) is 11.6 Å². The maximum absolute atomic E-state index is 8.42. The van der Waals surface area contributed by atoms with E-state index < -0.39 is 0 Å². The molecule has 0 bridgehead atoms. The van der Waals surface area contributed by atoms with Gasteiger partial charge in [-0.05, 0) is 68.1 Å². The molecular formula is C43H61ClO6. The van der Waals surface area contributed by atoms with Crippen LogP contribution in [0, 0.1) is 0 Å². The van der Waals surface area contributed by atoms with Crippen LogP contribution in [0.5, 0.6) is 0 Å². The second-order valence-electron chi connectivity index (χ2n) is 11.2. The smallest absolute Gasteiger partial charge is 0.0650 e. The van der Waals surface area contributed by atoms with Gasteiger partial charge >= 0.3 is 0 Å². The first-order valence-electron chi connectivity index (χ1n) is 18.0. The molecule has 50 heavy (non-hydrogen) atoms. The monoisotopic (exact) mass is 708 g/mol. The zero-order valence-corrected chi connectivity index (χ0v) is 30.7. The number of benzene rings is 3. The van der Waals surface area contributed by atoms with Crippen molar-refractivity contribution in [3.8, 4) is 0 Å². The van der Waals surface area contributed by atoms with Crippen molar-refractivity contribution in [2.45, 2.75) is 51.4 Å². The summed E-state index contributed by atoms with van der Waals surface area (Å²) in [7, 11) is 0. The number of ether oxygens (including phenoxy) is 4. The average Bonchev–Trinajstić information content (AvgIpc) is 3.16. The number of unbranched alkanes of at least 4 members (excludes halogenated alkanes) is 4. The van der Waals surface area contributed by atoms with Gasteiger partial charge in [0, 0.05) is 58.7 Å². The van der Waals surface area contributed by atoms with Crippen LogP contribution in [-0.4, -0.2) is 82.2 Å². The Morgan fingerprint density at radius 2 is 0.700 bits per heavy atom. The molecule has 3 aromatic carbocycles. The molecule has 0 atom stereocenters. The van der Waals surface area contributed by atoms with Gasteiger partial charge in [0.05, 0.1) is 13.2 Å². The molecule has 7 heteroatoms. The molecule has 0 fully saturated rings. The molecule has 3 rings (SSSR count). The summed E-state index contributed by atoms with van der Waals surface area (Å²) in [4.78, 5) is 0. The first-order chi connectivity index (χ1) is 24.8. The van der Waals surface area contributed by atoms with Gasteiger partial charge in [0.25, 0.3) is 0 Å². The van der Waals surface area contributed by atoms with Gasteiger partial charge in [-0.2, -0.15) is 0 Å². The molecule has 0 aliphatic heterocycles. The van der Waals surface area contributed by atoms with Crippen molar-refractivity contribution in [1.82, 2.24) is 0 Å². The third-order valence-electron chi connectivity index (χ3n) is 6.90. The average molecular weight is 709 g/mol. The number of aliphatic hydroxyl groups is 2. The van der Waals surface area contributed by atoms with E-state index in [2.05, 4.69) is 48.6 Å². The van der Waals surface area contributed by atoms with E-state index in [0.717, 1.165) is 91.0 Å². The Kier molecular flexibility index (Phi) is 33.4. The van der Waals surface area contributed by atoms with Gasteiger partial charge in [-0.25, -0.2) is 0 Å². The highest BCUT2D eigenvalue weighted by Crippen LogP contribution is 2.03. The van der Waals surface area contributed by atoms with E-state index in [1.165, 1.54) is 16.7 Å². The predicted molar refractivity (Wildman–Crippen MR) is 212 cm³/mol. The standard InChI is InChI=1S/C26H34O3.C9H9Cl.C8H18O3/c1-3-13-25(14-4-1)17-11-23-28-21-9-7-19-27-20-8-10-22-29-24-12-18-26-15-5-2-6-16-26;10-8-4-7-9-5-2-1-3-6-9;9-5-1-3-7-11-8-4-2-6-10/h1-6,11-18H,7-10,19-24H2;1-7H,8H2;9-10H,1-8H2/b17-11+,18-12+;7-4+;. The van der Waals surface area contributed by atoms with E-state index in [1.807, 2.05) is 78.9 Å². The van der Waals surface area contributed by atoms with Crippen LogP contribution in [0.25, 0.3) is 18.2 Å². The minimum Gasteiger partial charge on any atom is -0.396 e. The van der Waals surface area contributed by atoms with Crippen molar-refractivity contribution in [1.29, 1.82) is 0 Å². The predicted octanol–water partition coefficient (Wildman–Crippen LogP) is 9.51. The number of hydrogen-bond donors (Lipinski definition) is 2. The number of halogens is 1. The Bertz CT molecular complexity index is 1100. The van der Waals surface area contributed by atoms with Crippen LogP contribution in [0.2, 0.25) is 0 Å². The number of allylic oxidation sites excluding steroid dienone is 1. The highest BCUT2D eigenvalue weighted by Gasteiger charge is 1.93. The Morgan fingerprint density at radius 3 is 1.02 bits per heavy atom. The molecule has 0 aliphatic carbocycles. The summed E-state index contributed by atoms with van der Waals surface area (Å²) in [5.41, 5.74) is 3.61. The fourth-order valence-corrected chi connectivity index (χ4v) is 4.29. The molecule has 0 aliphatic rings. The summed E-state index contributed by atoms with van der Waals surface area (Å²) < 4.78 is 22.1. The number of hydrogen-bond acceptors (Lipinski definition) is 6. The first kappa shape index (κ1) is 45.0. The number of aliphatic hydroxyl groups excluding tert-OH is 2. The van der Waals surface area contributed by atoms with Crippen LogP contribution < -0.4 is 0 Å². The summed E-state index contributed by atoms with van der Waals surface area (Å²) in [6.45, 7) is 6.47. The molecule has 6 nitrogen and oxygen atoms in total. The van der Waals surface area contributed by atoms with E-state index in [9.17, 15) is 0 Å². The Hall–Kier alpha value is -3.07. The van der Waals surface area contributed by atoms with Crippen molar-refractivity contribution in [3.05, 3.63) is 126 Å². The fourth-order valence-electron chi connectivity index (χ4n) is 4.20. The van der Waals surface area contributed by atoms with Gasteiger partial charge in [-0.1, -0.05) is 127 Å². The van der Waals surface area contributed by atoms with Gasteiger partial charge in [0.15, 0.2) is 0 Å². The summed E-state index contributed by atoms with van der Waals surface area (Å²) in [5.74, 6) is 0.578. The fraction of sp³-hybridized carbons (Fsp3) is 0.442. The van der Waals surface area contributed by atoms with E-state index in [4.69, 9.17) is 40.8 Å². The lowest BCUT2D eigenvalue weighted by Crippen LogP contribution is -2.02. The van der Waals surface area contributed by atoms with Crippen LogP contribution in [0.3, 0.4) is 0 Å². The Morgan fingerprint density at radius 1 is 0.400 bits per heavy atom. The van der Waals surface area contributed by atoms with Crippen molar-refractivity contribution >= 4 is 29.8 Å². The minimum atomic E-state index is 0.250. The van der Waals surface area contributed by atoms with Crippen molar-refractivity contribution < 1.29 is 29.2 Å². The maximum atomic E-state index is 8.42. The van der Waals surface area contributed by atoms with E-state index in [0.29, 0.717) is 19.1 Å². The largest absolute Gasteiger partial charge is 0.396 e. The molecule has 3 aromatic rings. The van der Waals surface area contributed by atoms with Gasteiger partial charge in [0.1, 0.15) is 0 Å². The Labute approximate surface area is 307 Å². The number of rotatable bonds is 26. The second-order valence-corrected chi connectivity index (χ2v) is 11.6. The van der Waals surface area contributed by atoms with Crippen molar-refractivity contribution in [2.24, 2.45) is 0 Å². The molecule has 2 N–H and O–H groups in total. The quantitative estimate of drug-likeness (QED) is 0.0639. The van der Waals surface area contributed by atoms with E-state index >= 15 is 0 Å². The molecule has 0 saturated carbocycles. The normalized spacial score (nSPS) is 11.1. The van der Waals surface area contributed by atoms with Crippen LogP contribution >= 0.6 is 11.6 Å². The van der Waals surface area contributed by atoms with Crippen molar-refractivity contribution in [3.63, 3.8) is 0 Å². The minimum absolute atomic E-state index is 0.250. The molecule has 0 saturated heterocycles. The zero-order valence-electron chi connectivity index (χ0n) is 30.0. The summed E-state index contributed by atoms with van der Waals surface area (Å²) in [5, 5.41) is 16.8. The van der Waals surface area contributed by atoms with Crippen LogP contribution in [0.1, 0.15) is 68.1 Å². The van der Waals surface area contributed by atoms with Gasteiger partial charge in [0.2, 0.25) is 0 Å². The molecule has 0 radical (unpaired) electrons. The molecule has 0 amide bonds. The van der Waals surface area contributed by atoms with Gasteiger partial charge < -0.3 is 29.2 Å². The lowest BCUT2D eigenvalue weighted by atomic mass is 10.2. The Balaban J connectivity index is 0.000000484. The molecular weight excluding hydrogens is 648 g/mol. The molecule has 0 unspecified atom stereocenters. The molecule has 276 valence electrons. The van der Waals surface area contributed by atoms with Crippen LogP contribution in [0.15, 0.2) is 109 Å². The number of alkyl halides is 1. The summed E-state index contributed by atoms with van der Waals surface area (Å²) in [6, 6.07) is 30.7. The SMILES string of the molecule is C(=C\c1ccccc1)/COCCCCOCCCCOC/C=C/c1ccccc1.ClC/C=C/c1ccccc1.OCCCCOCCCCO. The third-order valence-corrected chi connectivity index (χ3v) is 7.07. The lowest BCUT2D eigenvalue weighted by molar-refractivity contribution is 0.100. The molecule has 0 spiro atoms. The maximum Gasteiger partial charge on any atom is 0.0650 e. The topological polar surface area (TPSA) is 77.4 Å². The second kappa shape index (κ2) is 37.2. The summed E-state index contributed by atoms with van der Waals surface area (Å²) in [6.07, 6.45) is 19.9. The summed E-state index contributed by atoms with van der Waals surface area (Å²) >= 11 is 5.46. The third kappa shape index (κ3) is 30.9. The van der Waals surface area contributed by atoms with Crippen LogP contribution in [0.4, 0.5) is 0 Å². The van der Waals surface area contributed by atoms with E-state index in [1.54, 1.807) is 0 Å². The highest BCUT2D eigenvalue weighted by molar-refractivity contribution is 6.19. The van der Waals surface area contributed by atoms with Crippen molar-refractivity contribution in [2.75, 3.05) is 71.9 Å². The van der Waals surface area contributed by atoms with Crippen LogP contribution in [-0.2, 0) is 18.9 Å². The van der Waals surface area contributed by atoms with Gasteiger partial charge in [-0.3, -0.25) is 0 Å². The van der Waals surface area contributed by atoms with E-state index in [-0.39, 0.29) is 13.2 Å². The highest BCUT2D eigenvalue weighted by atomic mass is 35.5. The molecule has 0 heterocycles.